The van der Waals surface area contributed by atoms with Crippen LogP contribution in [0.4, 0.5) is 0 Å². The number of carbonyl (C=O) groups is 1. The lowest BCUT2D eigenvalue weighted by atomic mass is 10.1. The van der Waals surface area contributed by atoms with Crippen molar-refractivity contribution in [2.75, 3.05) is 6.54 Å². The third-order valence-corrected chi connectivity index (χ3v) is 8.76. The first-order valence-electron chi connectivity index (χ1n) is 10.5. The lowest BCUT2D eigenvalue weighted by molar-refractivity contribution is 0.0697. The van der Waals surface area contributed by atoms with Gasteiger partial charge in [0.1, 0.15) is 0 Å². The molecule has 3 nitrogen and oxygen atoms in total. The van der Waals surface area contributed by atoms with Gasteiger partial charge in [-0.05, 0) is 53.5 Å². The molecule has 0 bridgehead atoms. The zero-order valence-corrected chi connectivity index (χ0v) is 18.9. The molecule has 0 unspecified atom stereocenters. The van der Waals surface area contributed by atoms with Gasteiger partial charge >= 0.3 is 5.97 Å². The van der Waals surface area contributed by atoms with Crippen molar-refractivity contribution in [2.24, 2.45) is 5.73 Å². The van der Waals surface area contributed by atoms with E-state index in [9.17, 15) is 4.79 Å². The Morgan fingerprint density at radius 3 is 1.38 bits per heavy atom. The van der Waals surface area contributed by atoms with E-state index in [0.717, 1.165) is 12.0 Å². The minimum absolute atomic E-state index is 0.316. The van der Waals surface area contributed by atoms with Gasteiger partial charge in [-0.15, -0.1) is 0 Å². The van der Waals surface area contributed by atoms with Crippen molar-refractivity contribution < 1.29 is 9.90 Å². The molecular weight excluding hydrogens is 413 g/mol. The molecule has 4 heteroatoms. The van der Waals surface area contributed by atoms with E-state index in [1.165, 1.54) is 15.9 Å². The minimum atomic E-state index is -1.78. The lowest BCUT2D eigenvalue weighted by Gasteiger charge is -2.26. The van der Waals surface area contributed by atoms with Gasteiger partial charge in [-0.3, -0.25) is 0 Å². The van der Waals surface area contributed by atoms with Crippen molar-refractivity contribution in [1.82, 2.24) is 0 Å². The Morgan fingerprint density at radius 1 is 0.688 bits per heavy atom. The maximum Gasteiger partial charge on any atom is 0.335 e. The van der Waals surface area contributed by atoms with Crippen molar-refractivity contribution in [1.29, 1.82) is 0 Å². The van der Waals surface area contributed by atoms with Gasteiger partial charge in [-0.2, -0.15) is 0 Å². The molecule has 4 aromatic rings. The molecule has 0 saturated carbocycles. The van der Waals surface area contributed by atoms with Crippen molar-refractivity contribution in [3.63, 3.8) is 0 Å². The Balaban J connectivity index is 0.000000207. The van der Waals surface area contributed by atoms with Crippen LogP contribution >= 0.6 is 6.89 Å². The number of benzene rings is 4. The third-order valence-electron chi connectivity index (χ3n) is 5.22. The molecular formula is C28H28NO2P. The highest BCUT2D eigenvalue weighted by atomic mass is 31.2. The Morgan fingerprint density at radius 2 is 1.06 bits per heavy atom. The molecule has 0 fully saturated rings. The standard InChI is InChI=1S/C19H17P.C9H11NO2/c1-20(17-11-5-2-6-12-17,18-13-7-3-8-14-18)19-15-9-4-10-16-19;10-6-5-7-1-3-8(4-2-7)9(11)12/h2-16H,1H2;1-4H,5-6,10H2,(H,11,12). The summed E-state index contributed by atoms with van der Waals surface area (Å²) >= 11 is 0. The quantitative estimate of drug-likeness (QED) is 0.439. The molecule has 0 aliphatic heterocycles. The monoisotopic (exact) mass is 441 g/mol. The molecule has 3 N–H and O–H groups in total. The van der Waals surface area contributed by atoms with Gasteiger partial charge < -0.3 is 10.8 Å². The van der Waals surface area contributed by atoms with Gasteiger partial charge in [0.15, 0.2) is 0 Å². The van der Waals surface area contributed by atoms with E-state index >= 15 is 0 Å². The molecule has 4 rings (SSSR count). The second kappa shape index (κ2) is 11.3. The van der Waals surface area contributed by atoms with E-state index in [1.54, 1.807) is 24.3 Å². The Bertz CT molecular complexity index is 1060. The number of rotatable bonds is 6. The summed E-state index contributed by atoms with van der Waals surface area (Å²) in [7, 11) is 0. The summed E-state index contributed by atoms with van der Waals surface area (Å²) in [5.74, 6) is -0.894. The zero-order chi connectivity index (χ0) is 22.8. The number of hydrogen-bond acceptors (Lipinski definition) is 2. The van der Waals surface area contributed by atoms with Gasteiger partial charge in [0.05, 0.1) is 5.56 Å². The fourth-order valence-electron chi connectivity index (χ4n) is 3.48. The maximum absolute atomic E-state index is 10.4. The molecule has 0 aliphatic carbocycles. The first-order chi connectivity index (χ1) is 15.6. The van der Waals surface area contributed by atoms with E-state index in [-0.39, 0.29) is 0 Å². The van der Waals surface area contributed by atoms with Crippen LogP contribution in [0.25, 0.3) is 0 Å². The number of hydrogen-bond donors (Lipinski definition) is 2. The summed E-state index contributed by atoms with van der Waals surface area (Å²) in [5, 5.41) is 12.5. The normalized spacial score (nSPS) is 10.7. The van der Waals surface area contributed by atoms with Crippen molar-refractivity contribution in [2.45, 2.75) is 6.42 Å². The summed E-state index contributed by atoms with van der Waals surface area (Å²) in [5.41, 5.74) is 6.73. The number of aromatic carboxylic acids is 1. The zero-order valence-electron chi connectivity index (χ0n) is 18.0. The lowest BCUT2D eigenvalue weighted by Crippen LogP contribution is -2.25. The molecule has 0 aliphatic rings. The molecule has 0 spiro atoms. The van der Waals surface area contributed by atoms with E-state index in [4.69, 9.17) is 17.1 Å². The maximum atomic E-state index is 10.4. The fraction of sp³-hybridized carbons (Fsp3) is 0.0714. The second-order valence-electron chi connectivity index (χ2n) is 7.36. The summed E-state index contributed by atoms with van der Waals surface area (Å²) in [6.07, 6.45) is 5.48. The molecule has 0 amide bonds. The molecule has 4 aromatic carbocycles. The van der Waals surface area contributed by atoms with Crippen LogP contribution in [0.3, 0.4) is 0 Å². The van der Waals surface area contributed by atoms with Crippen LogP contribution in [-0.4, -0.2) is 23.9 Å². The number of nitrogens with two attached hydrogens (primary N) is 1. The average molecular weight is 442 g/mol. The molecule has 0 saturated heterocycles. The van der Waals surface area contributed by atoms with Crippen LogP contribution in [-0.2, 0) is 6.42 Å². The van der Waals surface area contributed by atoms with E-state index in [2.05, 4.69) is 91.0 Å². The van der Waals surface area contributed by atoms with Crippen molar-refractivity contribution in [3.8, 4) is 0 Å². The molecule has 0 radical (unpaired) electrons. The van der Waals surface area contributed by atoms with Gasteiger partial charge in [0.2, 0.25) is 0 Å². The highest BCUT2D eigenvalue weighted by molar-refractivity contribution is 7.93. The van der Waals surface area contributed by atoms with E-state index in [0.29, 0.717) is 12.1 Å². The largest absolute Gasteiger partial charge is 0.478 e. The van der Waals surface area contributed by atoms with Gasteiger partial charge in [-0.1, -0.05) is 109 Å². The number of carboxylic acids is 1. The van der Waals surface area contributed by atoms with E-state index in [1.807, 2.05) is 0 Å². The molecule has 0 heterocycles. The molecule has 0 atom stereocenters. The van der Waals surface area contributed by atoms with Crippen LogP contribution < -0.4 is 21.6 Å². The smallest absolute Gasteiger partial charge is 0.335 e. The highest BCUT2D eigenvalue weighted by Crippen LogP contribution is 2.41. The molecule has 162 valence electrons. The first-order valence-corrected chi connectivity index (χ1v) is 12.5. The highest BCUT2D eigenvalue weighted by Gasteiger charge is 2.21. The van der Waals surface area contributed by atoms with Crippen LogP contribution in [0, 0.1) is 0 Å². The fourth-order valence-corrected chi connectivity index (χ4v) is 6.41. The molecule has 0 aromatic heterocycles. The van der Waals surface area contributed by atoms with E-state index < -0.39 is 12.9 Å². The Hall–Kier alpha value is -3.39. The van der Waals surface area contributed by atoms with Crippen molar-refractivity contribution >= 4 is 35.1 Å². The average Bonchev–Trinajstić information content (AvgIpc) is 2.86. The van der Waals surface area contributed by atoms with Crippen LogP contribution in [0.5, 0.6) is 0 Å². The van der Waals surface area contributed by atoms with Crippen molar-refractivity contribution in [3.05, 3.63) is 126 Å². The van der Waals surface area contributed by atoms with Crippen LogP contribution in [0.2, 0.25) is 0 Å². The Kier molecular flexibility index (Phi) is 8.21. The van der Waals surface area contributed by atoms with Crippen LogP contribution in [0.1, 0.15) is 15.9 Å². The summed E-state index contributed by atoms with van der Waals surface area (Å²) in [4.78, 5) is 10.4. The van der Waals surface area contributed by atoms with Gasteiger partial charge in [-0.25, -0.2) is 4.79 Å². The SMILES string of the molecule is C=P(c1ccccc1)(c1ccccc1)c1ccccc1.NCCc1ccc(C(=O)O)cc1. The second-order valence-corrected chi connectivity index (χ2v) is 10.5. The first kappa shape index (κ1) is 23.3. The third kappa shape index (κ3) is 5.64. The number of carboxylic acid groups (broad SMARTS) is 1. The topological polar surface area (TPSA) is 63.3 Å². The minimum Gasteiger partial charge on any atom is -0.478 e. The van der Waals surface area contributed by atoms with Gasteiger partial charge in [0.25, 0.3) is 0 Å². The summed E-state index contributed by atoms with van der Waals surface area (Å²) in [6, 6.07) is 38.7. The van der Waals surface area contributed by atoms with Crippen LogP contribution in [0.15, 0.2) is 115 Å². The predicted molar refractivity (Wildman–Crippen MR) is 138 cm³/mol. The molecule has 32 heavy (non-hydrogen) atoms. The summed E-state index contributed by atoms with van der Waals surface area (Å²) < 4.78 is 0. The van der Waals surface area contributed by atoms with Gasteiger partial charge in [0, 0.05) is 0 Å². The Labute approximate surface area is 190 Å². The predicted octanol–water partition coefficient (Wildman–Crippen LogP) is 4.30. The summed E-state index contributed by atoms with van der Waals surface area (Å²) in [6.45, 7) is -1.19.